The molecule has 0 unspecified atom stereocenters. The number of carbonyl (C=O) groups is 1. The van der Waals surface area contributed by atoms with E-state index in [9.17, 15) is 22.4 Å². The van der Waals surface area contributed by atoms with Crippen molar-refractivity contribution in [3.05, 3.63) is 76.8 Å². The zero-order chi connectivity index (χ0) is 30.1. The molecule has 0 spiro atoms. The first-order valence-corrected chi connectivity index (χ1v) is 13.9. The zero-order valence-corrected chi connectivity index (χ0v) is 23.4. The summed E-state index contributed by atoms with van der Waals surface area (Å²) >= 11 is 6.18. The Bertz CT molecular complexity index is 1640. The predicted octanol–water partition coefficient (Wildman–Crippen LogP) is 6.33. The molecule has 0 radical (unpaired) electrons. The summed E-state index contributed by atoms with van der Waals surface area (Å²) in [5.74, 6) is -0.324. The first-order chi connectivity index (χ1) is 20.6. The highest BCUT2D eigenvalue weighted by Gasteiger charge is 2.35. The first kappa shape index (κ1) is 29.2. The number of aromatic amines is 1. The number of H-pyrrole nitrogens is 1. The van der Waals surface area contributed by atoms with Gasteiger partial charge in [-0.2, -0.15) is 13.2 Å². The molecule has 0 saturated carbocycles. The Hall–Kier alpha value is -3.91. The van der Waals surface area contributed by atoms with Gasteiger partial charge in [-0.15, -0.1) is 0 Å². The third-order valence-corrected chi connectivity index (χ3v) is 7.81. The lowest BCUT2D eigenvalue weighted by Gasteiger charge is -2.42. The third kappa shape index (κ3) is 6.54. The van der Waals surface area contributed by atoms with Crippen LogP contribution in [0.1, 0.15) is 11.1 Å². The first-order valence-electron chi connectivity index (χ1n) is 13.6. The standard InChI is InChI=1S/C29H27ClF4N6O3/c30-22-13-36-27-26(22)25(5-6-35-27)43-20-3-4-24(23(31)12-20)38-28(41)37-18-2-1-17(21(11-18)29(32,33)34)14-39-7-9-40(10-8-39)19-15-42-16-19/h1-6,11-13,19H,7-10,14-16H2,(H,35,36)(H2,37,38,41). The maximum absolute atomic E-state index is 14.8. The van der Waals surface area contributed by atoms with Crippen LogP contribution in [0.15, 0.2) is 54.9 Å². The van der Waals surface area contributed by atoms with Crippen molar-refractivity contribution in [2.75, 3.05) is 50.0 Å². The van der Waals surface area contributed by atoms with E-state index in [0.717, 1.165) is 25.2 Å². The van der Waals surface area contributed by atoms with Gasteiger partial charge < -0.3 is 25.1 Å². The van der Waals surface area contributed by atoms with E-state index < -0.39 is 23.6 Å². The number of hydrogen-bond acceptors (Lipinski definition) is 6. The maximum Gasteiger partial charge on any atom is 0.416 e. The Morgan fingerprint density at radius 3 is 2.58 bits per heavy atom. The highest BCUT2D eigenvalue weighted by atomic mass is 35.5. The second-order valence-corrected chi connectivity index (χ2v) is 10.8. The van der Waals surface area contributed by atoms with Gasteiger partial charge in [0.1, 0.15) is 23.0 Å². The van der Waals surface area contributed by atoms with Crippen molar-refractivity contribution in [2.24, 2.45) is 0 Å². The summed E-state index contributed by atoms with van der Waals surface area (Å²) in [4.78, 5) is 23.9. The molecule has 226 valence electrons. The quantitative estimate of drug-likeness (QED) is 0.210. The fraction of sp³-hybridized carbons (Fsp3) is 0.310. The number of urea groups is 1. The molecule has 2 aliphatic heterocycles. The Labute approximate surface area is 248 Å². The van der Waals surface area contributed by atoms with Gasteiger partial charge in [-0.3, -0.25) is 9.80 Å². The van der Waals surface area contributed by atoms with Gasteiger partial charge in [0.15, 0.2) is 0 Å². The molecular formula is C29H27ClF4N6O3. The molecule has 4 heterocycles. The van der Waals surface area contributed by atoms with Crippen molar-refractivity contribution >= 4 is 40.0 Å². The summed E-state index contributed by atoms with van der Waals surface area (Å²) < 4.78 is 67.8. The summed E-state index contributed by atoms with van der Waals surface area (Å²) in [6.07, 6.45) is -1.57. The van der Waals surface area contributed by atoms with Crippen LogP contribution in [0.5, 0.6) is 11.5 Å². The fourth-order valence-electron chi connectivity index (χ4n) is 5.16. The van der Waals surface area contributed by atoms with E-state index in [2.05, 4.69) is 25.5 Å². The van der Waals surface area contributed by atoms with Crippen LogP contribution in [-0.2, 0) is 17.5 Å². The van der Waals surface area contributed by atoms with Gasteiger partial charge in [0, 0.05) is 56.9 Å². The molecule has 9 nitrogen and oxygen atoms in total. The average Bonchev–Trinajstić information content (AvgIpc) is 3.32. The van der Waals surface area contributed by atoms with Crippen LogP contribution in [0, 0.1) is 5.82 Å². The van der Waals surface area contributed by atoms with Crippen LogP contribution in [0.25, 0.3) is 11.0 Å². The number of halogens is 5. The number of rotatable bonds is 7. The van der Waals surface area contributed by atoms with E-state index in [1.165, 1.54) is 30.5 Å². The topological polar surface area (TPSA) is 94.8 Å². The van der Waals surface area contributed by atoms with Gasteiger partial charge in [-0.1, -0.05) is 17.7 Å². The van der Waals surface area contributed by atoms with Gasteiger partial charge in [-0.05, 0) is 35.9 Å². The van der Waals surface area contributed by atoms with Crippen LogP contribution < -0.4 is 15.4 Å². The Morgan fingerprint density at radius 2 is 1.88 bits per heavy atom. The van der Waals surface area contributed by atoms with Crippen molar-refractivity contribution in [2.45, 2.75) is 18.8 Å². The number of anilines is 2. The molecule has 3 N–H and O–H groups in total. The minimum Gasteiger partial charge on any atom is -0.456 e. The molecule has 4 aromatic rings. The SMILES string of the molecule is O=C(Nc1ccc(CN2CCN(C3COC3)CC2)c(C(F)(F)F)c1)Nc1ccc(Oc2ccnc3[nH]cc(Cl)c23)cc1F. The molecule has 43 heavy (non-hydrogen) atoms. The number of benzene rings is 2. The number of nitrogens with one attached hydrogen (secondary N) is 3. The number of carbonyl (C=O) groups excluding carboxylic acids is 1. The number of amides is 2. The minimum absolute atomic E-state index is 0.0752. The van der Waals surface area contributed by atoms with E-state index in [1.807, 2.05) is 4.90 Å². The lowest BCUT2D eigenvalue weighted by atomic mass is 10.0. The second kappa shape index (κ2) is 12.0. The molecular weight excluding hydrogens is 592 g/mol. The maximum atomic E-state index is 14.8. The molecule has 6 rings (SSSR count). The molecule has 2 aliphatic rings. The van der Waals surface area contributed by atoms with E-state index in [0.29, 0.717) is 54.2 Å². The highest BCUT2D eigenvalue weighted by Crippen LogP contribution is 2.36. The van der Waals surface area contributed by atoms with Crippen molar-refractivity contribution < 1.29 is 31.8 Å². The van der Waals surface area contributed by atoms with Crippen LogP contribution in [0.3, 0.4) is 0 Å². The number of alkyl halides is 3. The van der Waals surface area contributed by atoms with Crippen LogP contribution in [0.2, 0.25) is 5.02 Å². The number of fused-ring (bicyclic) bond motifs is 1. The van der Waals surface area contributed by atoms with Gasteiger partial charge in [0.2, 0.25) is 0 Å². The van der Waals surface area contributed by atoms with Gasteiger partial charge in [0.05, 0.1) is 40.9 Å². The number of aromatic nitrogens is 2. The summed E-state index contributed by atoms with van der Waals surface area (Å²) in [5, 5.41) is 5.60. The molecule has 2 saturated heterocycles. The molecule has 0 bridgehead atoms. The Balaban J connectivity index is 1.09. The normalized spacial score (nSPS) is 16.7. The Morgan fingerprint density at radius 1 is 1.09 bits per heavy atom. The van der Waals surface area contributed by atoms with Crippen molar-refractivity contribution in [3.8, 4) is 11.5 Å². The second-order valence-electron chi connectivity index (χ2n) is 10.4. The van der Waals surface area contributed by atoms with E-state index >= 15 is 0 Å². The summed E-state index contributed by atoms with van der Waals surface area (Å²) in [7, 11) is 0. The van der Waals surface area contributed by atoms with Gasteiger partial charge >= 0.3 is 12.2 Å². The summed E-state index contributed by atoms with van der Waals surface area (Å²) in [6, 6.07) is 8.51. The van der Waals surface area contributed by atoms with E-state index in [1.54, 1.807) is 12.3 Å². The van der Waals surface area contributed by atoms with Gasteiger partial charge in [0.25, 0.3) is 0 Å². The zero-order valence-electron chi connectivity index (χ0n) is 22.7. The number of hydrogen-bond donors (Lipinski definition) is 3. The predicted molar refractivity (Wildman–Crippen MR) is 153 cm³/mol. The molecule has 0 atom stereocenters. The average molecular weight is 619 g/mol. The monoisotopic (exact) mass is 618 g/mol. The van der Waals surface area contributed by atoms with Crippen LogP contribution in [0.4, 0.5) is 33.7 Å². The molecule has 14 heteroatoms. The Kier molecular flexibility index (Phi) is 8.14. The van der Waals surface area contributed by atoms with Crippen molar-refractivity contribution in [3.63, 3.8) is 0 Å². The molecule has 0 aliphatic carbocycles. The summed E-state index contributed by atoms with van der Waals surface area (Å²) in [6.45, 7) is 4.38. The number of pyridine rings is 1. The molecule has 2 amide bonds. The largest absolute Gasteiger partial charge is 0.456 e. The minimum atomic E-state index is -4.62. The van der Waals surface area contributed by atoms with E-state index in [4.69, 9.17) is 21.1 Å². The highest BCUT2D eigenvalue weighted by molar-refractivity contribution is 6.36. The number of ether oxygens (including phenoxy) is 2. The third-order valence-electron chi connectivity index (χ3n) is 7.51. The van der Waals surface area contributed by atoms with Crippen molar-refractivity contribution in [1.29, 1.82) is 0 Å². The van der Waals surface area contributed by atoms with Gasteiger partial charge in [-0.25, -0.2) is 14.2 Å². The summed E-state index contributed by atoms with van der Waals surface area (Å²) in [5.41, 5.74) is -0.482. The van der Waals surface area contributed by atoms with Crippen molar-refractivity contribution in [1.82, 2.24) is 19.8 Å². The fourth-order valence-corrected chi connectivity index (χ4v) is 5.40. The lowest BCUT2D eigenvalue weighted by molar-refractivity contribution is -0.138. The number of piperazine rings is 1. The molecule has 2 aromatic heterocycles. The van der Waals surface area contributed by atoms with Crippen LogP contribution in [-0.4, -0.2) is 71.2 Å². The molecule has 2 fully saturated rings. The van der Waals surface area contributed by atoms with E-state index in [-0.39, 0.29) is 29.2 Å². The smallest absolute Gasteiger partial charge is 0.416 e. The lowest BCUT2D eigenvalue weighted by Crippen LogP contribution is -2.56. The van der Waals surface area contributed by atoms with Crippen LogP contribution >= 0.6 is 11.6 Å². The number of nitrogens with zero attached hydrogens (tertiary/aromatic N) is 3. The molecule has 2 aromatic carbocycles.